The van der Waals surface area contributed by atoms with Gasteiger partial charge < -0.3 is 4.74 Å². The lowest BCUT2D eigenvalue weighted by Gasteiger charge is -2.47. The van der Waals surface area contributed by atoms with Gasteiger partial charge in [-0.1, -0.05) is 66.7 Å². The molecule has 6 rings (SSSR count). The third-order valence-corrected chi connectivity index (χ3v) is 9.89. The van der Waals surface area contributed by atoms with Crippen LogP contribution in [-0.4, -0.2) is 30.4 Å². The number of ketones is 1. The largest absolute Gasteiger partial charge is 0.494 e. The summed E-state index contributed by atoms with van der Waals surface area (Å²) < 4.78 is 33.1. The lowest BCUT2D eigenvalue weighted by atomic mass is 9.62. The minimum Gasteiger partial charge on any atom is -0.494 e. The molecule has 0 bridgehead atoms. The Kier molecular flexibility index (Phi) is 9.22. The van der Waals surface area contributed by atoms with E-state index in [4.69, 9.17) is 4.74 Å². The van der Waals surface area contributed by atoms with Crippen molar-refractivity contribution in [3.63, 3.8) is 0 Å². The van der Waals surface area contributed by atoms with Gasteiger partial charge in [0.1, 0.15) is 5.75 Å². The molecular formula is C39H41F2NO2. The summed E-state index contributed by atoms with van der Waals surface area (Å²) in [4.78, 5) is 16.4. The average molecular weight is 594 g/mol. The van der Waals surface area contributed by atoms with Crippen molar-refractivity contribution >= 4 is 5.78 Å². The van der Waals surface area contributed by atoms with Crippen LogP contribution < -0.4 is 4.74 Å². The number of piperidine rings is 1. The van der Waals surface area contributed by atoms with Crippen molar-refractivity contribution in [3.8, 4) is 16.9 Å². The minimum atomic E-state index is -0.810. The summed E-state index contributed by atoms with van der Waals surface area (Å²) in [6.45, 7) is 4.96. The highest BCUT2D eigenvalue weighted by Gasteiger charge is 2.42. The lowest BCUT2D eigenvalue weighted by Crippen LogP contribution is -2.44. The van der Waals surface area contributed by atoms with Crippen LogP contribution in [0.4, 0.5) is 8.78 Å². The Labute approximate surface area is 259 Å². The van der Waals surface area contributed by atoms with Gasteiger partial charge >= 0.3 is 0 Å². The topological polar surface area (TPSA) is 29.5 Å². The zero-order valence-electron chi connectivity index (χ0n) is 25.5. The number of rotatable bonds is 7. The van der Waals surface area contributed by atoms with Gasteiger partial charge in [0, 0.05) is 18.5 Å². The molecule has 1 spiro atoms. The van der Waals surface area contributed by atoms with Crippen molar-refractivity contribution in [1.29, 1.82) is 0 Å². The van der Waals surface area contributed by atoms with E-state index in [1.165, 1.54) is 23.3 Å². The molecule has 0 saturated carbocycles. The molecule has 0 N–H and O–H groups in total. The van der Waals surface area contributed by atoms with E-state index in [1.807, 2.05) is 25.1 Å². The van der Waals surface area contributed by atoms with Crippen LogP contribution in [0.5, 0.6) is 5.75 Å². The molecule has 0 amide bonds. The number of aryl methyl sites for hydroxylation is 1. The first-order valence-electron chi connectivity index (χ1n) is 16.0. The molecule has 1 unspecified atom stereocenters. The normalized spacial score (nSPS) is 18.7. The molecule has 1 aliphatic heterocycles. The molecule has 1 fully saturated rings. The first-order valence-corrected chi connectivity index (χ1v) is 16.0. The van der Waals surface area contributed by atoms with Crippen molar-refractivity contribution < 1.29 is 18.3 Å². The first-order chi connectivity index (χ1) is 21.4. The fourth-order valence-electron chi connectivity index (χ4n) is 7.44. The van der Waals surface area contributed by atoms with Crippen LogP contribution in [0, 0.1) is 23.0 Å². The van der Waals surface area contributed by atoms with Gasteiger partial charge in [0.25, 0.3) is 0 Å². The molecule has 0 radical (unpaired) electrons. The van der Waals surface area contributed by atoms with Crippen LogP contribution in [-0.2, 0) is 19.4 Å². The van der Waals surface area contributed by atoms with Crippen LogP contribution in [0.15, 0.2) is 91.0 Å². The number of halogens is 2. The van der Waals surface area contributed by atoms with E-state index in [1.54, 1.807) is 6.07 Å². The smallest absolute Gasteiger partial charge is 0.163 e. The van der Waals surface area contributed by atoms with E-state index >= 15 is 0 Å². The minimum absolute atomic E-state index is 0.0309. The zero-order valence-corrected chi connectivity index (χ0v) is 25.5. The Morgan fingerprint density at radius 3 is 2.30 bits per heavy atom. The Morgan fingerprint density at radius 2 is 1.57 bits per heavy atom. The number of Topliss-reactive ketones (excluding diaryl/α,β-unsaturated/α-hetero) is 1. The maximum Gasteiger partial charge on any atom is 0.163 e. The molecule has 228 valence electrons. The second kappa shape index (κ2) is 13.4. The van der Waals surface area contributed by atoms with Crippen LogP contribution >= 0.6 is 0 Å². The predicted octanol–water partition coefficient (Wildman–Crippen LogP) is 9.08. The van der Waals surface area contributed by atoms with Gasteiger partial charge in [-0.3, -0.25) is 9.69 Å². The molecule has 4 aromatic carbocycles. The van der Waals surface area contributed by atoms with Gasteiger partial charge in [-0.15, -0.1) is 0 Å². The standard InChI is InChI=1S/C39H41F2NO2/c1-2-44-34-14-10-28(11-15-34)23-33-26-38(43)35-16-13-31(30-7-4-3-5-8-30)25-32(35)9-6-18-39(33)19-21-42(22-20-39)27-29-12-17-36(40)37(41)24-29/h3-5,7-8,10-17,24-25,33H,2,6,9,18-23,26-27H2,1H3. The molecule has 1 saturated heterocycles. The highest BCUT2D eigenvalue weighted by Crippen LogP contribution is 2.48. The summed E-state index contributed by atoms with van der Waals surface area (Å²) in [7, 11) is 0. The molecular weight excluding hydrogens is 552 g/mol. The molecule has 1 heterocycles. The van der Waals surface area contributed by atoms with E-state index in [9.17, 15) is 13.6 Å². The Morgan fingerprint density at radius 1 is 0.818 bits per heavy atom. The molecule has 1 atom stereocenters. The van der Waals surface area contributed by atoms with Gasteiger partial charge in [0.2, 0.25) is 0 Å². The number of fused-ring (bicyclic) bond motifs is 1. The van der Waals surface area contributed by atoms with E-state index < -0.39 is 11.6 Å². The second-order valence-electron chi connectivity index (χ2n) is 12.6. The van der Waals surface area contributed by atoms with Crippen molar-refractivity contribution in [2.75, 3.05) is 19.7 Å². The number of benzene rings is 4. The summed E-state index contributed by atoms with van der Waals surface area (Å²) >= 11 is 0. The Hall–Kier alpha value is -3.83. The lowest BCUT2D eigenvalue weighted by molar-refractivity contribution is 0.0301. The van der Waals surface area contributed by atoms with Gasteiger partial charge in [-0.25, -0.2) is 8.78 Å². The van der Waals surface area contributed by atoms with Gasteiger partial charge in [-0.05, 0) is 122 Å². The van der Waals surface area contributed by atoms with Crippen LogP contribution in [0.25, 0.3) is 11.1 Å². The number of ether oxygens (including phenoxy) is 1. The summed E-state index contributed by atoms with van der Waals surface area (Å²) in [5.41, 5.74) is 6.40. The van der Waals surface area contributed by atoms with Crippen molar-refractivity contribution in [3.05, 3.63) is 125 Å². The monoisotopic (exact) mass is 593 g/mol. The van der Waals surface area contributed by atoms with E-state index in [-0.39, 0.29) is 17.1 Å². The number of likely N-dealkylation sites (tertiary alicyclic amines) is 1. The van der Waals surface area contributed by atoms with Crippen molar-refractivity contribution in [2.45, 2.75) is 58.4 Å². The fourth-order valence-corrected chi connectivity index (χ4v) is 7.44. The fraction of sp³-hybridized carbons (Fsp3) is 0.359. The number of carbonyl (C=O) groups is 1. The third kappa shape index (κ3) is 6.78. The molecule has 3 nitrogen and oxygen atoms in total. The van der Waals surface area contributed by atoms with Gasteiger partial charge in [0.15, 0.2) is 17.4 Å². The van der Waals surface area contributed by atoms with Gasteiger partial charge in [0.05, 0.1) is 6.61 Å². The summed E-state index contributed by atoms with van der Waals surface area (Å²) in [5.74, 6) is -0.295. The van der Waals surface area contributed by atoms with Crippen molar-refractivity contribution in [2.24, 2.45) is 11.3 Å². The molecule has 4 aromatic rings. The number of nitrogens with zero attached hydrogens (tertiary/aromatic N) is 1. The molecule has 2 aliphatic rings. The molecule has 44 heavy (non-hydrogen) atoms. The molecule has 5 heteroatoms. The number of carbonyl (C=O) groups excluding carboxylic acids is 1. The summed E-state index contributed by atoms with van der Waals surface area (Å²) in [6, 6.07) is 29.3. The Balaban J connectivity index is 1.26. The number of hydrogen-bond donors (Lipinski definition) is 0. The first kappa shape index (κ1) is 30.2. The van der Waals surface area contributed by atoms with E-state index in [0.717, 1.165) is 79.6 Å². The van der Waals surface area contributed by atoms with E-state index in [0.29, 0.717) is 19.6 Å². The van der Waals surface area contributed by atoms with Crippen LogP contribution in [0.3, 0.4) is 0 Å². The second-order valence-corrected chi connectivity index (χ2v) is 12.6. The van der Waals surface area contributed by atoms with Crippen LogP contribution in [0.1, 0.15) is 66.1 Å². The van der Waals surface area contributed by atoms with Crippen molar-refractivity contribution in [1.82, 2.24) is 4.90 Å². The molecule has 0 aromatic heterocycles. The summed E-state index contributed by atoms with van der Waals surface area (Å²) in [6.07, 6.45) is 6.32. The predicted molar refractivity (Wildman–Crippen MR) is 172 cm³/mol. The third-order valence-electron chi connectivity index (χ3n) is 9.89. The quantitative estimate of drug-likeness (QED) is 0.214. The Bertz CT molecular complexity index is 1580. The SMILES string of the molecule is CCOc1ccc(CC2CC(=O)c3ccc(-c4ccccc4)cc3CCCC23CCN(Cc2ccc(F)c(F)c2)CC3)cc1. The maximum absolute atomic E-state index is 14.1. The zero-order chi connectivity index (χ0) is 30.5. The van der Waals surface area contributed by atoms with Crippen LogP contribution in [0.2, 0.25) is 0 Å². The number of hydrogen-bond acceptors (Lipinski definition) is 3. The highest BCUT2D eigenvalue weighted by atomic mass is 19.2. The molecule has 1 aliphatic carbocycles. The highest BCUT2D eigenvalue weighted by molar-refractivity contribution is 5.98. The maximum atomic E-state index is 14.1. The van der Waals surface area contributed by atoms with Gasteiger partial charge in [-0.2, -0.15) is 0 Å². The average Bonchev–Trinajstić information content (AvgIpc) is 3.09. The summed E-state index contributed by atoms with van der Waals surface area (Å²) in [5, 5.41) is 0. The van der Waals surface area contributed by atoms with E-state index in [2.05, 4.69) is 59.5 Å².